The Morgan fingerprint density at radius 3 is 2.67 bits per heavy atom. The molecule has 0 aromatic heterocycles. The van der Waals surface area contributed by atoms with Gasteiger partial charge in [0, 0.05) is 12.6 Å². The number of nitrogens with zero attached hydrogens (tertiary/aromatic N) is 1. The van der Waals surface area contributed by atoms with Gasteiger partial charge in [-0.3, -0.25) is 4.79 Å². The Morgan fingerprint density at radius 2 is 2.06 bits per heavy atom. The highest BCUT2D eigenvalue weighted by atomic mass is 16.1. The van der Waals surface area contributed by atoms with Crippen LogP contribution < -0.4 is 10.6 Å². The Bertz CT molecular complexity index is 239. The summed E-state index contributed by atoms with van der Waals surface area (Å²) in [7, 11) is 2.14. The van der Waals surface area contributed by atoms with Crippen molar-refractivity contribution in [1.82, 2.24) is 15.5 Å². The molecule has 2 N–H and O–H groups in total. The minimum Gasteiger partial charge on any atom is -0.355 e. The molecule has 18 heavy (non-hydrogen) atoms. The summed E-state index contributed by atoms with van der Waals surface area (Å²) < 4.78 is 0. The second-order valence-corrected chi connectivity index (χ2v) is 5.71. The topological polar surface area (TPSA) is 44.4 Å². The van der Waals surface area contributed by atoms with E-state index >= 15 is 0 Å². The summed E-state index contributed by atoms with van der Waals surface area (Å²) in [5.74, 6) is 0.970. The number of hydrogen-bond donors (Lipinski definition) is 2. The van der Waals surface area contributed by atoms with Crippen molar-refractivity contribution in [3.8, 4) is 0 Å². The van der Waals surface area contributed by atoms with Crippen molar-refractivity contribution in [3.63, 3.8) is 0 Å². The zero-order valence-corrected chi connectivity index (χ0v) is 12.2. The molecule has 0 bridgehead atoms. The van der Waals surface area contributed by atoms with E-state index in [1.165, 1.54) is 12.8 Å². The fraction of sp³-hybridized carbons (Fsp3) is 0.929. The van der Waals surface area contributed by atoms with Gasteiger partial charge in [-0.2, -0.15) is 0 Å². The summed E-state index contributed by atoms with van der Waals surface area (Å²) in [5.41, 5.74) is 0. The van der Waals surface area contributed by atoms with E-state index in [1.807, 2.05) is 0 Å². The zero-order chi connectivity index (χ0) is 13.4. The van der Waals surface area contributed by atoms with Gasteiger partial charge >= 0.3 is 0 Å². The highest BCUT2D eigenvalue weighted by molar-refractivity contribution is 5.77. The van der Waals surface area contributed by atoms with Gasteiger partial charge in [-0.15, -0.1) is 0 Å². The van der Waals surface area contributed by atoms with Gasteiger partial charge in [-0.1, -0.05) is 0 Å². The minimum absolute atomic E-state index is 0.132. The molecule has 1 rings (SSSR count). The molecule has 0 unspecified atom stereocenters. The van der Waals surface area contributed by atoms with Gasteiger partial charge < -0.3 is 15.5 Å². The van der Waals surface area contributed by atoms with Gasteiger partial charge in [-0.25, -0.2) is 0 Å². The number of amides is 1. The standard InChI is InChI=1S/C14H29N3O/c1-12(2)17(3)9-5-4-8-16-14(18)11-15-10-13-6-7-13/h12-13,15H,4-11H2,1-3H3,(H,16,18). The van der Waals surface area contributed by atoms with E-state index in [0.29, 0.717) is 12.6 Å². The van der Waals surface area contributed by atoms with Crippen molar-refractivity contribution in [2.75, 3.05) is 33.2 Å². The van der Waals surface area contributed by atoms with Crippen LogP contribution in [-0.4, -0.2) is 50.1 Å². The fourth-order valence-electron chi connectivity index (χ4n) is 1.75. The van der Waals surface area contributed by atoms with Crippen molar-refractivity contribution < 1.29 is 4.79 Å². The molecule has 4 heteroatoms. The summed E-state index contributed by atoms with van der Waals surface area (Å²) in [6, 6.07) is 0.603. The van der Waals surface area contributed by atoms with Crippen molar-refractivity contribution in [2.45, 2.75) is 45.6 Å². The lowest BCUT2D eigenvalue weighted by Crippen LogP contribution is -2.35. The maximum Gasteiger partial charge on any atom is 0.233 e. The number of carbonyl (C=O) groups excluding carboxylic acids is 1. The van der Waals surface area contributed by atoms with Gasteiger partial charge in [0.25, 0.3) is 0 Å². The molecular weight excluding hydrogens is 226 g/mol. The van der Waals surface area contributed by atoms with Crippen molar-refractivity contribution in [1.29, 1.82) is 0 Å². The monoisotopic (exact) mass is 255 g/mol. The van der Waals surface area contributed by atoms with E-state index in [2.05, 4.69) is 36.4 Å². The first-order valence-corrected chi connectivity index (χ1v) is 7.27. The normalized spacial score (nSPS) is 15.4. The Kier molecular flexibility index (Phi) is 7.28. The molecule has 0 atom stereocenters. The van der Waals surface area contributed by atoms with Crippen LogP contribution in [-0.2, 0) is 4.79 Å². The Morgan fingerprint density at radius 1 is 1.33 bits per heavy atom. The van der Waals surface area contributed by atoms with Crippen LogP contribution in [0.3, 0.4) is 0 Å². The van der Waals surface area contributed by atoms with Crippen molar-refractivity contribution in [2.24, 2.45) is 5.92 Å². The van der Waals surface area contributed by atoms with E-state index in [-0.39, 0.29) is 5.91 Å². The van der Waals surface area contributed by atoms with Gasteiger partial charge in [0.15, 0.2) is 0 Å². The summed E-state index contributed by atoms with van der Waals surface area (Å²) in [6.45, 7) is 7.79. The van der Waals surface area contributed by atoms with E-state index in [1.54, 1.807) is 0 Å². The molecule has 0 heterocycles. The first-order valence-electron chi connectivity index (χ1n) is 7.27. The van der Waals surface area contributed by atoms with Crippen molar-refractivity contribution >= 4 is 5.91 Å². The summed E-state index contributed by atoms with van der Waals surface area (Å²) in [6.07, 6.45) is 4.87. The van der Waals surface area contributed by atoms with Crippen LogP contribution in [0.2, 0.25) is 0 Å². The largest absolute Gasteiger partial charge is 0.355 e. The lowest BCUT2D eigenvalue weighted by molar-refractivity contribution is -0.120. The van der Waals surface area contributed by atoms with Crippen LogP contribution in [0.25, 0.3) is 0 Å². The van der Waals surface area contributed by atoms with Crippen LogP contribution in [0.15, 0.2) is 0 Å². The third-order valence-electron chi connectivity index (χ3n) is 3.56. The van der Waals surface area contributed by atoms with E-state index in [4.69, 9.17) is 0 Å². The molecular formula is C14H29N3O. The SMILES string of the molecule is CC(C)N(C)CCCCNC(=O)CNCC1CC1. The lowest BCUT2D eigenvalue weighted by atomic mass is 10.2. The summed E-state index contributed by atoms with van der Waals surface area (Å²) in [4.78, 5) is 13.8. The number of nitrogens with one attached hydrogen (secondary N) is 2. The van der Waals surface area contributed by atoms with E-state index in [9.17, 15) is 4.79 Å². The number of carbonyl (C=O) groups is 1. The van der Waals surface area contributed by atoms with Gasteiger partial charge in [0.1, 0.15) is 0 Å². The predicted octanol–water partition coefficient (Wildman–Crippen LogP) is 1.22. The molecule has 1 fully saturated rings. The third-order valence-corrected chi connectivity index (χ3v) is 3.56. The Hall–Kier alpha value is -0.610. The van der Waals surface area contributed by atoms with Crippen LogP contribution in [0, 0.1) is 5.92 Å². The second kappa shape index (κ2) is 8.48. The number of hydrogen-bond acceptors (Lipinski definition) is 3. The molecule has 1 amide bonds. The highest BCUT2D eigenvalue weighted by Gasteiger charge is 2.20. The van der Waals surface area contributed by atoms with E-state index in [0.717, 1.165) is 38.4 Å². The second-order valence-electron chi connectivity index (χ2n) is 5.71. The summed E-state index contributed by atoms with van der Waals surface area (Å²) in [5, 5.41) is 6.16. The van der Waals surface area contributed by atoms with Crippen LogP contribution in [0.4, 0.5) is 0 Å². The smallest absolute Gasteiger partial charge is 0.233 e. The maximum absolute atomic E-state index is 11.5. The van der Waals surface area contributed by atoms with Gasteiger partial charge in [0.05, 0.1) is 6.54 Å². The third kappa shape index (κ3) is 7.67. The number of rotatable bonds is 10. The first kappa shape index (κ1) is 15.4. The average Bonchev–Trinajstić information content (AvgIpc) is 3.12. The molecule has 1 aliphatic rings. The minimum atomic E-state index is 0.132. The Labute approximate surface area is 111 Å². The highest BCUT2D eigenvalue weighted by Crippen LogP contribution is 2.27. The predicted molar refractivity (Wildman–Crippen MR) is 75.6 cm³/mol. The molecule has 106 valence electrons. The van der Waals surface area contributed by atoms with Crippen LogP contribution in [0.5, 0.6) is 0 Å². The molecule has 0 spiro atoms. The molecule has 0 aromatic rings. The maximum atomic E-state index is 11.5. The quantitative estimate of drug-likeness (QED) is 0.577. The zero-order valence-electron chi connectivity index (χ0n) is 12.2. The number of unbranched alkanes of at least 4 members (excludes halogenated alkanes) is 1. The van der Waals surface area contributed by atoms with E-state index < -0.39 is 0 Å². The molecule has 0 aromatic carbocycles. The molecule has 4 nitrogen and oxygen atoms in total. The molecule has 0 aliphatic heterocycles. The van der Waals surface area contributed by atoms with Crippen molar-refractivity contribution in [3.05, 3.63) is 0 Å². The fourth-order valence-corrected chi connectivity index (χ4v) is 1.75. The molecule has 0 saturated heterocycles. The Balaban J connectivity index is 1.85. The first-order chi connectivity index (χ1) is 8.59. The molecule has 1 saturated carbocycles. The summed E-state index contributed by atoms with van der Waals surface area (Å²) >= 11 is 0. The van der Waals surface area contributed by atoms with Crippen LogP contribution in [0.1, 0.15) is 39.5 Å². The molecule has 1 aliphatic carbocycles. The molecule has 0 radical (unpaired) electrons. The van der Waals surface area contributed by atoms with Gasteiger partial charge in [0.2, 0.25) is 5.91 Å². The van der Waals surface area contributed by atoms with Crippen LogP contribution >= 0.6 is 0 Å². The lowest BCUT2D eigenvalue weighted by Gasteiger charge is -2.20. The van der Waals surface area contributed by atoms with Gasteiger partial charge in [-0.05, 0) is 65.6 Å². The average molecular weight is 255 g/mol.